The van der Waals surface area contributed by atoms with Gasteiger partial charge in [0.2, 0.25) is 0 Å². The predicted molar refractivity (Wildman–Crippen MR) is 25.1 cm³/mol. The first-order valence-electron chi connectivity index (χ1n) is 2.30. The van der Waals surface area contributed by atoms with E-state index in [0.717, 1.165) is 11.8 Å². The topological polar surface area (TPSA) is 0 Å². The molecule has 0 radical (unpaired) electrons. The molecule has 0 amide bonds. The van der Waals surface area contributed by atoms with Gasteiger partial charge in [-0.25, -0.2) is 0 Å². The van der Waals surface area contributed by atoms with E-state index in [2.05, 4.69) is 13.8 Å². The van der Waals surface area contributed by atoms with Crippen LogP contribution in [0.15, 0.2) is 0 Å². The van der Waals surface area contributed by atoms with Crippen molar-refractivity contribution in [2.24, 2.45) is 11.8 Å². The molecule has 0 saturated heterocycles. The van der Waals surface area contributed by atoms with Gasteiger partial charge >= 0.3 is 0 Å². The molecular weight excluding hydrogens is 60.1 g/mol. The van der Waals surface area contributed by atoms with Crippen LogP contribution in [0.25, 0.3) is 0 Å². The Balaban J connectivity index is 0.000000250. The lowest BCUT2D eigenvalue weighted by Crippen LogP contribution is -1.58. The van der Waals surface area contributed by atoms with Crippen molar-refractivity contribution in [3.8, 4) is 0 Å². The minimum Gasteiger partial charge on any atom is -0.0622 e. The molecule has 0 heterocycles. The van der Waals surface area contributed by atoms with Crippen LogP contribution in [0, 0.1) is 11.8 Å². The molecule has 1 aliphatic rings. The largest absolute Gasteiger partial charge is 0.0622 e. The van der Waals surface area contributed by atoms with E-state index < -0.39 is 0 Å². The fraction of sp³-hybridized carbons (Fsp3) is 1.00. The normalized spacial score (nSPS) is 49.2. The lowest BCUT2D eigenvalue weighted by Gasteiger charge is -1.66. The predicted octanol–water partition coefficient (Wildman–Crippen LogP) is 1.91. The zero-order valence-corrected chi connectivity index (χ0v) is 3.86. The van der Waals surface area contributed by atoms with Crippen molar-refractivity contribution in [1.82, 2.24) is 0 Å². The molecule has 0 bridgehead atoms. The Labute approximate surface area is 34.7 Å². The summed E-state index contributed by atoms with van der Waals surface area (Å²) in [5, 5.41) is 0. The molecule has 0 aromatic carbocycles. The molecular formula is C5H12. The quantitative estimate of drug-likeness (QED) is 0.411. The molecule has 5 heavy (non-hydrogen) atoms. The Bertz CT molecular complexity index is 37.2. The molecule has 0 aromatic heterocycles. The van der Waals surface area contributed by atoms with Gasteiger partial charge in [0.25, 0.3) is 0 Å². The summed E-state index contributed by atoms with van der Waals surface area (Å²) in [5.41, 5.74) is 0. The van der Waals surface area contributed by atoms with E-state index in [9.17, 15) is 0 Å². The van der Waals surface area contributed by atoms with Gasteiger partial charge in [-0.2, -0.15) is 0 Å². The molecule has 0 heteroatoms. The molecule has 0 N–H and O–H groups in total. The molecule has 32 valence electrons. The molecule has 0 spiro atoms. The second kappa shape index (κ2) is 0.735. The third-order valence-electron chi connectivity index (χ3n) is 1.51. The lowest BCUT2D eigenvalue weighted by molar-refractivity contribution is 0.834. The first kappa shape index (κ1) is 3.20. The standard InChI is InChI=1S/C5H10.H2/c1-4-3-5(4)2;/h4-5H,3H2,1-2H3;1H/i;1+1. The highest BCUT2D eigenvalue weighted by molar-refractivity contribution is 4.76. The van der Waals surface area contributed by atoms with Gasteiger partial charge in [-0.1, -0.05) is 13.8 Å². The molecule has 1 fully saturated rings. The lowest BCUT2D eigenvalue weighted by atomic mass is 10.4. The van der Waals surface area contributed by atoms with Crippen molar-refractivity contribution in [2.75, 3.05) is 0 Å². The van der Waals surface area contributed by atoms with E-state index in [1.165, 1.54) is 6.42 Å². The van der Waals surface area contributed by atoms with Gasteiger partial charge < -0.3 is 0 Å². The SMILES string of the molecule is CC1CC1C.[2HH]. The van der Waals surface area contributed by atoms with Crippen molar-refractivity contribution in [3.63, 3.8) is 0 Å². The molecule has 0 aliphatic heterocycles. The summed E-state index contributed by atoms with van der Waals surface area (Å²) < 4.78 is 0. The van der Waals surface area contributed by atoms with E-state index in [4.69, 9.17) is 0 Å². The van der Waals surface area contributed by atoms with Gasteiger partial charge in [0.15, 0.2) is 0 Å². The molecule has 1 rings (SSSR count). The minimum absolute atomic E-state index is 0. The molecule has 0 aromatic rings. The fourth-order valence-corrected chi connectivity index (χ4v) is 0.508. The Morgan fingerprint density at radius 1 is 1.40 bits per heavy atom. The van der Waals surface area contributed by atoms with Gasteiger partial charge in [-0.05, 0) is 18.3 Å². The fourth-order valence-electron chi connectivity index (χ4n) is 0.508. The first-order chi connectivity index (χ1) is 2.30. The summed E-state index contributed by atoms with van der Waals surface area (Å²) in [5.74, 6) is 2.10. The maximum atomic E-state index is 2.30. The molecule has 1 aliphatic carbocycles. The van der Waals surface area contributed by atoms with Crippen LogP contribution < -0.4 is 0 Å². The van der Waals surface area contributed by atoms with Crippen LogP contribution in [0.3, 0.4) is 0 Å². The summed E-state index contributed by atoms with van der Waals surface area (Å²) in [6.45, 7) is 4.59. The molecule has 2 atom stereocenters. The molecule has 0 nitrogen and oxygen atoms in total. The third-order valence-corrected chi connectivity index (χ3v) is 1.51. The maximum absolute atomic E-state index is 2.30. The van der Waals surface area contributed by atoms with Crippen LogP contribution in [-0.2, 0) is 0 Å². The average Bonchev–Trinajstić information content (AvgIpc) is 1.79. The van der Waals surface area contributed by atoms with Crippen LogP contribution in [0.1, 0.15) is 21.7 Å². The Morgan fingerprint density at radius 2 is 1.60 bits per heavy atom. The van der Waals surface area contributed by atoms with E-state index in [0.29, 0.717) is 0 Å². The van der Waals surface area contributed by atoms with Crippen LogP contribution in [-0.4, -0.2) is 0 Å². The Morgan fingerprint density at radius 3 is 1.60 bits per heavy atom. The second-order valence-electron chi connectivity index (χ2n) is 2.19. The maximum Gasteiger partial charge on any atom is 0 e. The number of hydrogen-bond donors (Lipinski definition) is 0. The van der Waals surface area contributed by atoms with E-state index in [1.807, 2.05) is 0 Å². The van der Waals surface area contributed by atoms with Crippen LogP contribution in [0.5, 0.6) is 0 Å². The van der Waals surface area contributed by atoms with E-state index >= 15 is 0 Å². The summed E-state index contributed by atoms with van der Waals surface area (Å²) >= 11 is 0. The summed E-state index contributed by atoms with van der Waals surface area (Å²) in [6.07, 6.45) is 1.47. The minimum atomic E-state index is 0. The van der Waals surface area contributed by atoms with Crippen LogP contribution in [0.4, 0.5) is 0 Å². The highest BCUT2D eigenvalue weighted by Crippen LogP contribution is 2.36. The summed E-state index contributed by atoms with van der Waals surface area (Å²) in [4.78, 5) is 0. The Kier molecular flexibility index (Phi) is 0.470. The summed E-state index contributed by atoms with van der Waals surface area (Å²) in [6, 6.07) is 0. The highest BCUT2D eigenvalue weighted by atomic mass is 14.3. The molecule has 1 saturated carbocycles. The highest BCUT2D eigenvalue weighted by Gasteiger charge is 2.26. The van der Waals surface area contributed by atoms with Crippen molar-refractivity contribution in [1.29, 1.82) is 0 Å². The first-order valence-corrected chi connectivity index (χ1v) is 2.30. The van der Waals surface area contributed by atoms with Gasteiger partial charge in [0, 0.05) is 1.43 Å². The number of hydrogen-bond acceptors (Lipinski definition) is 0. The number of rotatable bonds is 0. The van der Waals surface area contributed by atoms with Crippen LogP contribution >= 0.6 is 0 Å². The molecule has 2 unspecified atom stereocenters. The Hall–Kier alpha value is 0. The van der Waals surface area contributed by atoms with Crippen LogP contribution in [0.2, 0.25) is 0 Å². The van der Waals surface area contributed by atoms with Gasteiger partial charge in [-0.15, -0.1) is 0 Å². The van der Waals surface area contributed by atoms with Crippen molar-refractivity contribution in [2.45, 2.75) is 20.3 Å². The smallest absolute Gasteiger partial charge is 0 e. The van der Waals surface area contributed by atoms with Crippen molar-refractivity contribution in [3.05, 3.63) is 0 Å². The summed E-state index contributed by atoms with van der Waals surface area (Å²) in [7, 11) is 0. The van der Waals surface area contributed by atoms with Crippen molar-refractivity contribution < 1.29 is 1.43 Å². The second-order valence-corrected chi connectivity index (χ2v) is 2.19. The van der Waals surface area contributed by atoms with E-state index in [1.54, 1.807) is 0 Å². The zero-order chi connectivity index (χ0) is 3.86. The zero-order valence-electron chi connectivity index (χ0n) is 3.86. The van der Waals surface area contributed by atoms with Gasteiger partial charge in [0.05, 0.1) is 0 Å². The van der Waals surface area contributed by atoms with E-state index in [-0.39, 0.29) is 1.43 Å². The van der Waals surface area contributed by atoms with Gasteiger partial charge in [0.1, 0.15) is 0 Å². The van der Waals surface area contributed by atoms with Gasteiger partial charge in [-0.3, -0.25) is 0 Å². The average molecular weight is 73.2 g/mol. The third kappa shape index (κ3) is 0.444. The van der Waals surface area contributed by atoms with Crippen molar-refractivity contribution >= 4 is 0 Å². The monoisotopic (exact) mass is 73.1 g/mol.